The predicted molar refractivity (Wildman–Crippen MR) is 249 cm³/mol. The molecule has 6 aromatic heterocycles. The zero-order chi connectivity index (χ0) is 42.8. The topological polar surface area (TPSA) is 207 Å². The molecule has 2 unspecified atom stereocenters. The molecule has 20 heteroatoms. The summed E-state index contributed by atoms with van der Waals surface area (Å²) in [7, 11) is -1.13. The van der Waals surface area contributed by atoms with Gasteiger partial charge in [0.2, 0.25) is 5.39 Å². The molecule has 0 aromatic carbocycles. The van der Waals surface area contributed by atoms with E-state index in [0.717, 1.165) is 125 Å². The van der Waals surface area contributed by atoms with Gasteiger partial charge in [-0.25, -0.2) is 19.3 Å². The minimum atomic E-state index is -3.45. The van der Waals surface area contributed by atoms with Crippen molar-refractivity contribution in [3.05, 3.63) is 84.7 Å². The van der Waals surface area contributed by atoms with Crippen LogP contribution >= 0.6 is 52.7 Å². The van der Waals surface area contributed by atoms with Gasteiger partial charge in [0.15, 0.2) is 11.3 Å². The van der Waals surface area contributed by atoms with Crippen molar-refractivity contribution >= 4 is 92.3 Å². The van der Waals surface area contributed by atoms with Gasteiger partial charge in [-0.05, 0) is 120 Å². The van der Waals surface area contributed by atoms with Crippen LogP contribution in [0.4, 0.5) is 0 Å². The molecule has 2 aliphatic rings. The second-order valence-corrected chi connectivity index (χ2v) is 17.6. The highest BCUT2D eigenvalue weighted by Gasteiger charge is 2.36. The normalized spacial score (nSPS) is 16.1. The Bertz CT molecular complexity index is 2660. The average molecular weight is 1070 g/mol. The zero-order valence-corrected chi connectivity index (χ0v) is 38.0. The molecule has 0 spiro atoms. The number of terminal acetylenes is 1. The van der Waals surface area contributed by atoms with E-state index in [1.807, 2.05) is 52.1 Å². The van der Waals surface area contributed by atoms with Crippen molar-refractivity contribution in [3.63, 3.8) is 0 Å². The maximum atomic E-state index is 10.9. The van der Waals surface area contributed by atoms with Gasteiger partial charge in [0.25, 0.3) is 5.78 Å². The van der Waals surface area contributed by atoms with Crippen LogP contribution in [0.25, 0.3) is 49.6 Å². The summed E-state index contributed by atoms with van der Waals surface area (Å²) < 4.78 is 26.3. The van der Waals surface area contributed by atoms with Crippen molar-refractivity contribution in [2.24, 2.45) is 0 Å². The lowest BCUT2D eigenvalue weighted by Gasteiger charge is -2.22. The number of hydrogen-bond acceptors (Lipinski definition) is 14. The smallest absolute Gasteiger partial charge is 0.357 e. The molecule has 2 aliphatic heterocycles. The molecule has 2 atom stereocenters. The summed E-state index contributed by atoms with van der Waals surface area (Å²) in [6.45, 7) is 2.72. The molecule has 8 rings (SSSR count). The van der Waals surface area contributed by atoms with Gasteiger partial charge < -0.3 is 23.4 Å². The minimum absolute atomic E-state index is 0. The Kier molecular flexibility index (Phi) is 17.1. The number of ether oxygens (including phenoxy) is 2. The number of diazo groups is 1. The number of rotatable bonds is 8. The van der Waals surface area contributed by atoms with E-state index in [1.54, 1.807) is 18.5 Å². The van der Waals surface area contributed by atoms with Crippen molar-refractivity contribution in [2.75, 3.05) is 27.4 Å². The van der Waals surface area contributed by atoms with Gasteiger partial charge in [0, 0.05) is 70.3 Å². The van der Waals surface area contributed by atoms with Crippen molar-refractivity contribution in [1.29, 1.82) is 5.39 Å². The summed E-state index contributed by atoms with van der Waals surface area (Å²) in [6.07, 6.45) is 20.1. The molecule has 0 aliphatic carbocycles. The van der Waals surface area contributed by atoms with Crippen molar-refractivity contribution < 1.29 is 33.0 Å². The third kappa shape index (κ3) is 11.5. The van der Waals surface area contributed by atoms with E-state index < -0.39 is 18.8 Å². The fourth-order valence-electron chi connectivity index (χ4n) is 6.29. The molecule has 6 aromatic rings. The highest BCUT2D eigenvalue weighted by Crippen LogP contribution is 2.45. The van der Waals surface area contributed by atoms with Crippen LogP contribution < -0.4 is 0 Å². The van der Waals surface area contributed by atoms with Crippen LogP contribution in [0.3, 0.4) is 0 Å². The SMILES string of the molecule is C.C#Cc1cnc2ccc(-c3cn(C4CCCCO4)nc3I)nc2c1.COP(O)(OC)=C([N+]#N)C(C)=O.O=Cc1cnc2ccc(-c3cn(C4CCCCO4)nc3I)nc2c1. The lowest BCUT2D eigenvalue weighted by atomic mass is 10.2. The summed E-state index contributed by atoms with van der Waals surface area (Å²) in [6, 6.07) is 11.4. The molecule has 8 heterocycles. The first-order valence-electron chi connectivity index (χ1n) is 18.7. The Balaban J connectivity index is 0.000000182. The van der Waals surface area contributed by atoms with Crippen LogP contribution in [0.15, 0.2) is 61.2 Å². The first kappa shape index (κ1) is 47.5. The average Bonchev–Trinajstić information content (AvgIpc) is 3.88. The summed E-state index contributed by atoms with van der Waals surface area (Å²) in [5.41, 5.74) is 7.49. The Hall–Kier alpha value is -4.58. The first-order chi connectivity index (χ1) is 29.0. The number of ketones is 1. The first-order valence-corrected chi connectivity index (χ1v) is 22.4. The van der Waals surface area contributed by atoms with Gasteiger partial charge in [0.05, 0.1) is 44.6 Å². The molecule has 0 amide bonds. The van der Waals surface area contributed by atoms with Gasteiger partial charge in [-0.1, -0.05) is 13.3 Å². The number of aldehydes is 1. The zero-order valence-electron chi connectivity index (χ0n) is 32.8. The molecular weight excluding hydrogens is 1030 g/mol. The second kappa shape index (κ2) is 22.0. The van der Waals surface area contributed by atoms with E-state index in [0.29, 0.717) is 11.1 Å². The fourth-order valence-corrected chi connectivity index (χ4v) is 8.62. The molecule has 0 radical (unpaired) electrons. The molecule has 0 bridgehead atoms. The Morgan fingerprint density at radius 2 is 1.39 bits per heavy atom. The maximum Gasteiger partial charge on any atom is 0.496 e. The third-order valence-corrected chi connectivity index (χ3v) is 12.9. The number of nitrogens with zero attached hydrogens (tertiary/aromatic N) is 10. The maximum absolute atomic E-state index is 10.9. The number of fused-ring (bicyclic) bond motifs is 2. The number of halogens is 2. The van der Waals surface area contributed by atoms with Crippen molar-refractivity contribution in [2.45, 2.75) is 65.3 Å². The summed E-state index contributed by atoms with van der Waals surface area (Å²) in [5.74, 6) is 2.00. The highest BCUT2D eigenvalue weighted by atomic mass is 127. The van der Waals surface area contributed by atoms with Crippen LogP contribution in [-0.4, -0.2) is 89.3 Å². The van der Waals surface area contributed by atoms with Crippen LogP contribution in [0.5, 0.6) is 0 Å². The summed E-state index contributed by atoms with van der Waals surface area (Å²) >= 11 is 4.46. The second-order valence-electron chi connectivity index (χ2n) is 13.4. The van der Waals surface area contributed by atoms with E-state index in [2.05, 4.69) is 90.3 Å². The Morgan fingerprint density at radius 1 is 0.885 bits per heavy atom. The minimum Gasteiger partial charge on any atom is -0.357 e. The number of hydrogen-bond donors (Lipinski definition) is 1. The van der Waals surface area contributed by atoms with Crippen LogP contribution in [0.1, 0.15) is 81.3 Å². The van der Waals surface area contributed by atoms with Gasteiger partial charge >= 0.3 is 13.0 Å². The van der Waals surface area contributed by atoms with E-state index in [-0.39, 0.29) is 19.9 Å². The van der Waals surface area contributed by atoms with E-state index in [1.165, 1.54) is 6.42 Å². The molecule has 0 saturated carbocycles. The molecule has 61 heavy (non-hydrogen) atoms. The molecule has 318 valence electrons. The van der Waals surface area contributed by atoms with Crippen LogP contribution in [-0.2, 0) is 23.3 Å². The number of pyridine rings is 4. The number of Topliss-reactive ketones (excluding diaryl/α,β-unsaturated/α-hetero) is 1. The van der Waals surface area contributed by atoms with Crippen LogP contribution in [0.2, 0.25) is 0 Å². The summed E-state index contributed by atoms with van der Waals surface area (Å²) in [4.78, 5) is 51.7. The molecule has 2 saturated heterocycles. The monoisotopic (exact) mass is 1070 g/mol. The number of aromatic nitrogens is 8. The largest absolute Gasteiger partial charge is 0.496 e. The Labute approximate surface area is 380 Å². The van der Waals surface area contributed by atoms with Gasteiger partial charge in [0.1, 0.15) is 19.9 Å². The van der Waals surface area contributed by atoms with E-state index in [4.69, 9.17) is 26.3 Å². The van der Waals surface area contributed by atoms with E-state index in [9.17, 15) is 14.5 Å². The van der Waals surface area contributed by atoms with E-state index >= 15 is 0 Å². The number of carbonyl (C=O) groups excluding carboxylic acids is 2. The predicted octanol–water partition coefficient (Wildman–Crippen LogP) is 8.63. The molecular formula is C41H44I2N10O7P+. The Morgan fingerprint density at radius 3 is 1.80 bits per heavy atom. The third-order valence-electron chi connectivity index (χ3n) is 9.40. The lowest BCUT2D eigenvalue weighted by molar-refractivity contribution is -0.110. The van der Waals surface area contributed by atoms with Gasteiger partial charge in [-0.15, -0.1) is 6.42 Å². The van der Waals surface area contributed by atoms with Crippen LogP contribution in [0, 0.1) is 25.1 Å². The molecule has 17 nitrogen and oxygen atoms in total. The standard InChI is InChI=1S/C18H15IN4O.C17H15IN4O2.C5H9N2O4P.CH4/c1-2-12-9-16-15(20-10-12)7-6-14(21-16)13-11-23(22-18(13)19)17-5-3-4-8-24-17;18-17-12(9-22(21-17)16-3-1-2-6-24-16)13-4-5-14-15(20-13)7-11(10-23)8-19-14;1-4(8)5(7-6)12(9,10-2)11-3;/h1,6-7,9-11,17H,3-5,8H2;4-5,7-10,16H,1-3,6H2;1-3H3;1H4/p+1. The summed E-state index contributed by atoms with van der Waals surface area (Å²) in [5, 5.41) is 17.6. The highest BCUT2D eigenvalue weighted by molar-refractivity contribution is 14.1. The molecule has 1 N–H and O–H groups in total. The fraction of sp³-hybridized carbons (Fsp3) is 0.341. The van der Waals surface area contributed by atoms with Gasteiger partial charge in [-0.2, -0.15) is 10.2 Å². The van der Waals surface area contributed by atoms with Crippen molar-refractivity contribution in [3.8, 4) is 34.9 Å². The lowest BCUT2D eigenvalue weighted by Crippen LogP contribution is -2.18. The molecule has 2 fully saturated rings. The van der Waals surface area contributed by atoms with Crippen molar-refractivity contribution in [1.82, 2.24) is 39.5 Å². The quantitative estimate of drug-likeness (QED) is 0.0498. The number of carbonyl (C=O) groups is 2. The van der Waals surface area contributed by atoms with Gasteiger partial charge in [-0.3, -0.25) is 19.6 Å².